The van der Waals surface area contributed by atoms with Crippen LogP contribution in [0.15, 0.2) is 0 Å². The highest BCUT2D eigenvalue weighted by molar-refractivity contribution is 4.91. The lowest BCUT2D eigenvalue weighted by molar-refractivity contribution is 0.173. The average Bonchev–Trinajstić information content (AvgIpc) is 2.96. The van der Waals surface area contributed by atoms with E-state index in [-0.39, 0.29) is 0 Å². The highest BCUT2D eigenvalue weighted by Crippen LogP contribution is 2.48. The van der Waals surface area contributed by atoms with Crippen LogP contribution in [0.25, 0.3) is 0 Å². The largest absolute Gasteiger partial charge is 0.315 e. The first-order chi connectivity index (χ1) is 9.06. The van der Waals surface area contributed by atoms with Gasteiger partial charge in [0.2, 0.25) is 0 Å². The topological polar surface area (TPSA) is 15.3 Å². The van der Waals surface area contributed by atoms with Gasteiger partial charge >= 0.3 is 0 Å². The molecule has 0 aliphatic heterocycles. The van der Waals surface area contributed by atoms with Gasteiger partial charge in [0.1, 0.15) is 0 Å². The van der Waals surface area contributed by atoms with Crippen LogP contribution in [0.3, 0.4) is 0 Å². The molecule has 112 valence electrons. The van der Waals surface area contributed by atoms with Crippen molar-refractivity contribution in [1.29, 1.82) is 0 Å². The van der Waals surface area contributed by atoms with Gasteiger partial charge in [0.05, 0.1) is 0 Å². The molecule has 2 aliphatic rings. The van der Waals surface area contributed by atoms with Gasteiger partial charge in [-0.1, -0.05) is 20.3 Å². The second-order valence-corrected chi connectivity index (χ2v) is 7.47. The van der Waals surface area contributed by atoms with Gasteiger partial charge in [-0.05, 0) is 70.4 Å². The zero-order valence-electron chi connectivity index (χ0n) is 13.5. The standard InChI is InChI=1S/C17H34N2/c1-13(2)18-9-5-6-14(3)19(4)12-17-11-15-7-8-16(17)10-15/h13-18H,5-12H2,1-4H3. The van der Waals surface area contributed by atoms with Crippen LogP contribution in [0.2, 0.25) is 0 Å². The van der Waals surface area contributed by atoms with E-state index in [2.05, 4.69) is 38.0 Å². The molecule has 2 nitrogen and oxygen atoms in total. The summed E-state index contributed by atoms with van der Waals surface area (Å²) in [5, 5.41) is 3.52. The first kappa shape index (κ1) is 15.3. The van der Waals surface area contributed by atoms with Gasteiger partial charge in [-0.25, -0.2) is 0 Å². The Morgan fingerprint density at radius 1 is 1.16 bits per heavy atom. The quantitative estimate of drug-likeness (QED) is 0.676. The lowest BCUT2D eigenvalue weighted by Gasteiger charge is -2.31. The smallest absolute Gasteiger partial charge is 0.00644 e. The first-order valence-electron chi connectivity index (χ1n) is 8.50. The fraction of sp³-hybridized carbons (Fsp3) is 1.00. The average molecular weight is 266 g/mol. The fourth-order valence-corrected chi connectivity index (χ4v) is 4.16. The normalized spacial score (nSPS) is 31.6. The van der Waals surface area contributed by atoms with Crippen LogP contribution in [-0.2, 0) is 0 Å². The Morgan fingerprint density at radius 3 is 2.53 bits per heavy atom. The molecule has 2 saturated carbocycles. The van der Waals surface area contributed by atoms with Gasteiger partial charge in [0.15, 0.2) is 0 Å². The van der Waals surface area contributed by atoms with E-state index >= 15 is 0 Å². The number of nitrogens with one attached hydrogen (secondary N) is 1. The zero-order valence-corrected chi connectivity index (χ0v) is 13.5. The number of fused-ring (bicyclic) bond motifs is 2. The Balaban J connectivity index is 1.61. The fourth-order valence-electron chi connectivity index (χ4n) is 4.16. The molecular weight excluding hydrogens is 232 g/mol. The van der Waals surface area contributed by atoms with Crippen molar-refractivity contribution in [3.63, 3.8) is 0 Å². The summed E-state index contributed by atoms with van der Waals surface area (Å²) in [4.78, 5) is 2.63. The van der Waals surface area contributed by atoms with E-state index in [9.17, 15) is 0 Å². The van der Waals surface area contributed by atoms with Gasteiger partial charge < -0.3 is 10.2 Å². The SMILES string of the molecule is CC(C)NCCCC(C)N(C)CC1CC2CCC1C2. The van der Waals surface area contributed by atoms with Crippen LogP contribution in [-0.4, -0.2) is 37.1 Å². The summed E-state index contributed by atoms with van der Waals surface area (Å²) in [6.45, 7) is 9.38. The van der Waals surface area contributed by atoms with Gasteiger partial charge in [0.25, 0.3) is 0 Å². The van der Waals surface area contributed by atoms with E-state index in [0.717, 1.165) is 23.8 Å². The number of hydrogen-bond donors (Lipinski definition) is 1. The molecule has 0 saturated heterocycles. The molecule has 2 heteroatoms. The van der Waals surface area contributed by atoms with Crippen LogP contribution < -0.4 is 5.32 Å². The maximum atomic E-state index is 3.52. The molecule has 2 bridgehead atoms. The summed E-state index contributed by atoms with van der Waals surface area (Å²) in [6.07, 6.45) is 8.76. The molecule has 0 radical (unpaired) electrons. The monoisotopic (exact) mass is 266 g/mol. The summed E-state index contributed by atoms with van der Waals surface area (Å²) in [6, 6.07) is 1.37. The molecule has 1 N–H and O–H groups in total. The minimum atomic E-state index is 0.627. The molecule has 2 rings (SSSR count). The maximum Gasteiger partial charge on any atom is 0.00644 e. The van der Waals surface area contributed by atoms with Crippen LogP contribution in [0, 0.1) is 17.8 Å². The molecule has 0 spiro atoms. The summed E-state index contributed by atoms with van der Waals surface area (Å²) < 4.78 is 0. The Kier molecular flexibility index (Phi) is 5.70. The summed E-state index contributed by atoms with van der Waals surface area (Å²) in [5.74, 6) is 3.18. The zero-order chi connectivity index (χ0) is 13.8. The molecule has 19 heavy (non-hydrogen) atoms. The number of nitrogens with zero attached hydrogens (tertiary/aromatic N) is 1. The van der Waals surface area contributed by atoms with Crippen molar-refractivity contribution in [3.8, 4) is 0 Å². The molecule has 4 unspecified atom stereocenters. The van der Waals surface area contributed by atoms with Gasteiger partial charge in [-0.2, -0.15) is 0 Å². The van der Waals surface area contributed by atoms with Crippen molar-refractivity contribution < 1.29 is 0 Å². The highest BCUT2D eigenvalue weighted by atomic mass is 15.1. The summed E-state index contributed by atoms with van der Waals surface area (Å²) in [7, 11) is 2.34. The van der Waals surface area contributed by atoms with Crippen molar-refractivity contribution in [3.05, 3.63) is 0 Å². The number of rotatable bonds is 8. The van der Waals surface area contributed by atoms with Crippen LogP contribution in [0.1, 0.15) is 59.3 Å². The minimum Gasteiger partial charge on any atom is -0.315 e. The summed E-state index contributed by atoms with van der Waals surface area (Å²) >= 11 is 0. The molecule has 2 aliphatic carbocycles. The van der Waals surface area contributed by atoms with Crippen LogP contribution in [0.4, 0.5) is 0 Å². The lowest BCUT2D eigenvalue weighted by Crippen LogP contribution is -2.36. The Labute approximate surface area is 120 Å². The molecule has 0 heterocycles. The van der Waals surface area contributed by atoms with Gasteiger partial charge in [-0.15, -0.1) is 0 Å². The van der Waals surface area contributed by atoms with Crippen LogP contribution in [0.5, 0.6) is 0 Å². The molecule has 0 amide bonds. The molecule has 2 fully saturated rings. The van der Waals surface area contributed by atoms with Gasteiger partial charge in [0, 0.05) is 18.6 Å². The van der Waals surface area contributed by atoms with Crippen molar-refractivity contribution in [2.24, 2.45) is 17.8 Å². The van der Waals surface area contributed by atoms with E-state index in [1.807, 2.05) is 0 Å². The maximum absolute atomic E-state index is 3.52. The Hall–Kier alpha value is -0.0800. The predicted octanol–water partition coefficient (Wildman–Crippen LogP) is 3.52. The molecule has 4 atom stereocenters. The van der Waals surface area contributed by atoms with Crippen molar-refractivity contribution in [2.45, 2.75) is 71.4 Å². The minimum absolute atomic E-state index is 0.627. The number of hydrogen-bond acceptors (Lipinski definition) is 2. The van der Waals surface area contributed by atoms with Crippen molar-refractivity contribution >= 4 is 0 Å². The highest BCUT2D eigenvalue weighted by Gasteiger charge is 2.39. The Bertz CT molecular complexity index is 264. The molecule has 0 aromatic rings. The third-order valence-electron chi connectivity index (χ3n) is 5.51. The Morgan fingerprint density at radius 2 is 1.95 bits per heavy atom. The first-order valence-corrected chi connectivity index (χ1v) is 8.50. The third kappa shape index (κ3) is 4.46. The lowest BCUT2D eigenvalue weighted by atomic mass is 9.88. The van der Waals surface area contributed by atoms with E-state index in [0.29, 0.717) is 6.04 Å². The predicted molar refractivity (Wildman–Crippen MR) is 83.4 cm³/mol. The van der Waals surface area contributed by atoms with Crippen molar-refractivity contribution in [1.82, 2.24) is 10.2 Å². The van der Waals surface area contributed by atoms with Gasteiger partial charge in [-0.3, -0.25) is 0 Å². The van der Waals surface area contributed by atoms with Crippen LogP contribution >= 0.6 is 0 Å². The van der Waals surface area contributed by atoms with E-state index in [1.165, 1.54) is 45.2 Å². The second-order valence-electron chi connectivity index (χ2n) is 7.47. The van der Waals surface area contributed by atoms with E-state index < -0.39 is 0 Å². The van der Waals surface area contributed by atoms with E-state index in [4.69, 9.17) is 0 Å². The molecule has 0 aromatic carbocycles. The molecule has 0 aromatic heterocycles. The summed E-state index contributed by atoms with van der Waals surface area (Å²) in [5.41, 5.74) is 0. The molecular formula is C17H34N2. The third-order valence-corrected chi connectivity index (χ3v) is 5.51. The second kappa shape index (κ2) is 7.08. The van der Waals surface area contributed by atoms with E-state index in [1.54, 1.807) is 6.42 Å². The van der Waals surface area contributed by atoms with Crippen molar-refractivity contribution in [2.75, 3.05) is 20.1 Å².